The minimum atomic E-state index is 0.138. The van der Waals surface area contributed by atoms with Gasteiger partial charge in [0.25, 0.3) is 0 Å². The quantitative estimate of drug-likeness (QED) is 0.749. The smallest absolute Gasteiger partial charge is 0.168 e. The Morgan fingerprint density at radius 2 is 1.54 bits per heavy atom. The third-order valence-electron chi connectivity index (χ3n) is 4.15. The van der Waals surface area contributed by atoms with Crippen LogP contribution >= 0.6 is 11.8 Å². The first-order valence-corrected chi connectivity index (χ1v) is 8.48. The largest absolute Gasteiger partial charge is 0.493 e. The van der Waals surface area contributed by atoms with E-state index in [1.807, 2.05) is 0 Å². The van der Waals surface area contributed by atoms with E-state index in [4.69, 9.17) is 21.3 Å². The van der Waals surface area contributed by atoms with Gasteiger partial charge >= 0.3 is 0 Å². The van der Waals surface area contributed by atoms with Crippen molar-refractivity contribution in [2.75, 3.05) is 20.8 Å². The maximum absolute atomic E-state index is 5.66. The van der Waals surface area contributed by atoms with Gasteiger partial charge < -0.3 is 9.47 Å². The van der Waals surface area contributed by atoms with Gasteiger partial charge in [-0.05, 0) is 40.3 Å². The monoisotopic (exact) mass is 347 g/mol. The van der Waals surface area contributed by atoms with Gasteiger partial charge in [0.2, 0.25) is 0 Å². The lowest BCUT2D eigenvalue weighted by Crippen LogP contribution is -2.10. The molecule has 3 nitrogen and oxygen atoms in total. The molecular weight excluding hydrogens is 322 g/mol. The van der Waals surface area contributed by atoms with Crippen LogP contribution in [0.3, 0.4) is 0 Å². The highest BCUT2D eigenvalue weighted by Crippen LogP contribution is 2.41. The van der Waals surface area contributed by atoms with E-state index in [0.29, 0.717) is 6.54 Å². The molecule has 0 aliphatic rings. The van der Waals surface area contributed by atoms with E-state index in [2.05, 4.69) is 62.0 Å². The number of rotatable bonds is 6. The van der Waals surface area contributed by atoms with Crippen LogP contribution in [0.2, 0.25) is 0 Å². The fourth-order valence-corrected chi connectivity index (χ4v) is 2.88. The molecule has 1 N–H and O–H groups in total. The van der Waals surface area contributed by atoms with Crippen molar-refractivity contribution >= 4 is 11.8 Å². The Hall–Kier alpha value is -1.71. The van der Waals surface area contributed by atoms with Crippen molar-refractivity contribution < 1.29 is 9.47 Å². The second-order valence-corrected chi connectivity index (χ2v) is 7.07. The minimum absolute atomic E-state index is 0.138. The maximum Gasteiger partial charge on any atom is 0.168 e. The number of nitrogens with one attached hydrogen (secondary N) is 1. The van der Waals surface area contributed by atoms with E-state index in [-0.39, 0.29) is 5.41 Å². The molecule has 2 aromatic rings. The molecule has 0 heterocycles. The van der Waals surface area contributed by atoms with Gasteiger partial charge in [0.1, 0.15) is 0 Å². The zero-order valence-electron chi connectivity index (χ0n) is 15.1. The first-order chi connectivity index (χ1) is 11.4. The normalized spacial score (nSPS) is 11.4. The average molecular weight is 348 g/mol. The second-order valence-electron chi connectivity index (χ2n) is 6.80. The highest BCUT2D eigenvalue weighted by molar-refractivity contribution is 6.13. The first kappa shape index (κ1) is 18.6. The SMILES string of the molecule is COc1c(CCNCl)ccc(-c2ccc(C(C)(C)C)cc2)c1OC. The summed E-state index contributed by atoms with van der Waals surface area (Å²) >= 11 is 5.58. The third-order valence-corrected chi connectivity index (χ3v) is 4.34. The maximum atomic E-state index is 5.66. The molecule has 0 aliphatic carbocycles. The molecule has 2 aromatic carbocycles. The molecule has 0 spiro atoms. The van der Waals surface area contributed by atoms with E-state index in [9.17, 15) is 0 Å². The Morgan fingerprint density at radius 3 is 2.04 bits per heavy atom. The summed E-state index contributed by atoms with van der Waals surface area (Å²) in [5, 5.41) is 0. The number of hydrogen-bond donors (Lipinski definition) is 1. The summed E-state index contributed by atoms with van der Waals surface area (Å²) < 4.78 is 11.3. The van der Waals surface area contributed by atoms with Crippen LogP contribution in [0.15, 0.2) is 36.4 Å². The number of methoxy groups -OCH3 is 2. The van der Waals surface area contributed by atoms with E-state index in [1.54, 1.807) is 14.2 Å². The van der Waals surface area contributed by atoms with Gasteiger partial charge in [-0.2, -0.15) is 0 Å². The van der Waals surface area contributed by atoms with E-state index >= 15 is 0 Å². The van der Waals surface area contributed by atoms with Crippen LogP contribution in [0.5, 0.6) is 11.5 Å². The molecule has 0 saturated heterocycles. The molecule has 0 radical (unpaired) electrons. The van der Waals surface area contributed by atoms with Crippen LogP contribution in [0.25, 0.3) is 11.1 Å². The van der Waals surface area contributed by atoms with E-state index in [0.717, 1.165) is 34.6 Å². The van der Waals surface area contributed by atoms with Crippen LogP contribution in [0, 0.1) is 0 Å². The summed E-state index contributed by atoms with van der Waals surface area (Å²) in [5.41, 5.74) is 4.65. The van der Waals surface area contributed by atoms with Crippen molar-refractivity contribution in [1.82, 2.24) is 4.84 Å². The molecule has 0 atom stereocenters. The minimum Gasteiger partial charge on any atom is -0.493 e. The van der Waals surface area contributed by atoms with Crippen LogP contribution < -0.4 is 14.3 Å². The standard InChI is InChI=1S/C20H26ClNO2/c1-20(2,3)16-9-6-14(7-10-16)17-11-8-15(12-13-22-21)18(23-4)19(17)24-5/h6-11,22H,12-13H2,1-5H3. The Bertz CT molecular complexity index is 675. The predicted molar refractivity (Wildman–Crippen MR) is 101 cm³/mol. The van der Waals surface area contributed by atoms with Gasteiger partial charge in [-0.1, -0.05) is 57.2 Å². The summed E-state index contributed by atoms with van der Waals surface area (Å²) in [7, 11) is 3.34. The van der Waals surface area contributed by atoms with Gasteiger partial charge in [-0.15, -0.1) is 0 Å². The molecule has 0 fully saturated rings. The van der Waals surface area contributed by atoms with Crippen LogP contribution in [0.1, 0.15) is 31.9 Å². The van der Waals surface area contributed by atoms with Crippen molar-refractivity contribution in [3.63, 3.8) is 0 Å². The lowest BCUT2D eigenvalue weighted by molar-refractivity contribution is 0.353. The number of benzene rings is 2. The van der Waals surface area contributed by atoms with Crippen molar-refractivity contribution in [2.45, 2.75) is 32.6 Å². The van der Waals surface area contributed by atoms with Gasteiger partial charge in [0.05, 0.1) is 14.2 Å². The lowest BCUT2D eigenvalue weighted by Gasteiger charge is -2.20. The van der Waals surface area contributed by atoms with Crippen molar-refractivity contribution in [1.29, 1.82) is 0 Å². The van der Waals surface area contributed by atoms with E-state index in [1.165, 1.54) is 5.56 Å². The van der Waals surface area contributed by atoms with Crippen molar-refractivity contribution in [2.24, 2.45) is 0 Å². The van der Waals surface area contributed by atoms with Gasteiger partial charge in [-0.3, -0.25) is 0 Å². The van der Waals surface area contributed by atoms with Gasteiger partial charge in [0, 0.05) is 12.1 Å². The molecule has 4 heteroatoms. The molecule has 0 saturated carbocycles. The molecule has 2 rings (SSSR count). The van der Waals surface area contributed by atoms with Crippen LogP contribution in [-0.4, -0.2) is 20.8 Å². The Morgan fingerprint density at radius 1 is 0.917 bits per heavy atom. The summed E-state index contributed by atoms with van der Waals surface area (Å²) in [4.78, 5) is 2.65. The fraction of sp³-hybridized carbons (Fsp3) is 0.400. The summed E-state index contributed by atoms with van der Waals surface area (Å²) in [6, 6.07) is 12.8. The van der Waals surface area contributed by atoms with Crippen LogP contribution in [-0.2, 0) is 11.8 Å². The zero-order chi connectivity index (χ0) is 17.7. The molecule has 0 amide bonds. The molecule has 24 heavy (non-hydrogen) atoms. The Kier molecular flexibility index (Phi) is 6.14. The van der Waals surface area contributed by atoms with Gasteiger partial charge in [0.15, 0.2) is 11.5 Å². The van der Waals surface area contributed by atoms with Crippen molar-refractivity contribution in [3.05, 3.63) is 47.5 Å². The number of halogens is 1. The van der Waals surface area contributed by atoms with E-state index < -0.39 is 0 Å². The zero-order valence-corrected chi connectivity index (χ0v) is 15.8. The number of ether oxygens (including phenoxy) is 2. The highest BCUT2D eigenvalue weighted by Gasteiger charge is 2.17. The molecular formula is C20H26ClNO2. The Balaban J connectivity index is 2.46. The Labute approximate surface area is 150 Å². The predicted octanol–water partition coefficient (Wildman–Crippen LogP) is 4.95. The average Bonchev–Trinajstić information content (AvgIpc) is 2.58. The second kappa shape index (κ2) is 7.91. The number of hydrogen-bond acceptors (Lipinski definition) is 3. The summed E-state index contributed by atoms with van der Waals surface area (Å²) in [5.74, 6) is 1.52. The van der Waals surface area contributed by atoms with Gasteiger partial charge in [-0.25, -0.2) is 4.84 Å². The highest BCUT2D eigenvalue weighted by atomic mass is 35.5. The third kappa shape index (κ3) is 4.03. The molecule has 0 unspecified atom stereocenters. The molecule has 0 aromatic heterocycles. The fourth-order valence-electron chi connectivity index (χ4n) is 2.79. The first-order valence-electron chi connectivity index (χ1n) is 8.10. The molecule has 0 aliphatic heterocycles. The molecule has 0 bridgehead atoms. The molecule has 130 valence electrons. The summed E-state index contributed by atoms with van der Waals surface area (Å²) in [6.07, 6.45) is 0.770. The lowest BCUT2D eigenvalue weighted by atomic mass is 9.86. The summed E-state index contributed by atoms with van der Waals surface area (Å²) in [6.45, 7) is 7.31. The van der Waals surface area contributed by atoms with Crippen molar-refractivity contribution in [3.8, 4) is 22.6 Å². The van der Waals surface area contributed by atoms with Crippen LogP contribution in [0.4, 0.5) is 0 Å². The topological polar surface area (TPSA) is 30.5 Å².